The molecule has 3 unspecified atom stereocenters. The van der Waals surface area contributed by atoms with E-state index in [0.29, 0.717) is 6.42 Å². The van der Waals surface area contributed by atoms with Gasteiger partial charge in [0.2, 0.25) is 0 Å². The Bertz CT molecular complexity index is 586. The summed E-state index contributed by atoms with van der Waals surface area (Å²) in [4.78, 5) is 0. The van der Waals surface area contributed by atoms with Crippen molar-refractivity contribution in [2.45, 2.75) is 43.9 Å². The quantitative estimate of drug-likeness (QED) is 0.899. The van der Waals surface area contributed by atoms with Crippen LogP contribution in [0.5, 0.6) is 0 Å². The molecule has 1 aliphatic rings. The molecule has 0 amide bonds. The van der Waals surface area contributed by atoms with E-state index in [9.17, 15) is 8.42 Å². The second-order valence-corrected chi connectivity index (χ2v) is 9.09. The topological polar surface area (TPSA) is 60.2 Å². The first-order chi connectivity index (χ1) is 9.29. The summed E-state index contributed by atoms with van der Waals surface area (Å²) in [6, 6.07) is 6.08. The summed E-state index contributed by atoms with van der Waals surface area (Å²) in [7, 11) is -2.95. The predicted molar refractivity (Wildman–Crippen MR) is 86.4 cm³/mol. The van der Waals surface area contributed by atoms with E-state index >= 15 is 0 Å². The Kier molecular flexibility index (Phi) is 4.92. The van der Waals surface area contributed by atoms with Gasteiger partial charge in [-0.15, -0.1) is 0 Å². The number of halogens is 1. The molecule has 0 saturated heterocycles. The van der Waals surface area contributed by atoms with Gasteiger partial charge in [0.15, 0.2) is 0 Å². The first-order valence-electron chi connectivity index (χ1n) is 6.99. The van der Waals surface area contributed by atoms with Crippen molar-refractivity contribution in [3.8, 4) is 0 Å². The van der Waals surface area contributed by atoms with Crippen LogP contribution in [0.1, 0.15) is 42.9 Å². The molecule has 0 aromatic heterocycles. The highest BCUT2D eigenvalue weighted by molar-refractivity contribution is 9.10. The molecule has 0 heterocycles. The lowest BCUT2D eigenvalue weighted by molar-refractivity contribution is 0.309. The lowest BCUT2D eigenvalue weighted by Crippen LogP contribution is -2.33. The molecular formula is C15H22BrNO2S. The summed E-state index contributed by atoms with van der Waals surface area (Å²) >= 11 is 3.53. The molecule has 112 valence electrons. The van der Waals surface area contributed by atoms with E-state index in [1.54, 1.807) is 0 Å². The average molecular weight is 360 g/mol. The molecule has 1 saturated carbocycles. The van der Waals surface area contributed by atoms with Crippen molar-refractivity contribution in [1.29, 1.82) is 0 Å². The highest BCUT2D eigenvalue weighted by Crippen LogP contribution is 2.36. The van der Waals surface area contributed by atoms with Gasteiger partial charge in [-0.3, -0.25) is 0 Å². The molecule has 1 aliphatic carbocycles. The molecule has 2 rings (SSSR count). The maximum absolute atomic E-state index is 11.7. The molecule has 1 aromatic rings. The third-order valence-corrected chi connectivity index (χ3v) is 6.85. The zero-order valence-corrected chi connectivity index (χ0v) is 14.4. The van der Waals surface area contributed by atoms with Gasteiger partial charge in [0.1, 0.15) is 9.84 Å². The highest BCUT2D eigenvalue weighted by atomic mass is 79.9. The summed E-state index contributed by atoms with van der Waals surface area (Å²) in [6.45, 7) is 2.04. The van der Waals surface area contributed by atoms with E-state index in [0.717, 1.165) is 29.3 Å². The van der Waals surface area contributed by atoms with E-state index in [4.69, 9.17) is 5.73 Å². The Morgan fingerprint density at radius 2 is 2.05 bits per heavy atom. The van der Waals surface area contributed by atoms with Crippen LogP contribution in [0.25, 0.3) is 0 Å². The maximum atomic E-state index is 11.7. The second-order valence-electron chi connectivity index (χ2n) is 5.91. The number of benzene rings is 1. The SMILES string of the molecule is Cc1ccc(C(N)C2CCCC(S(C)(=O)=O)C2)cc1Br. The van der Waals surface area contributed by atoms with Gasteiger partial charge in [-0.25, -0.2) is 8.42 Å². The minimum absolute atomic E-state index is 0.0866. The molecule has 5 heteroatoms. The van der Waals surface area contributed by atoms with Crippen LogP contribution in [-0.2, 0) is 9.84 Å². The summed E-state index contributed by atoms with van der Waals surface area (Å²) in [5, 5.41) is -0.221. The molecule has 3 atom stereocenters. The van der Waals surface area contributed by atoms with E-state index in [-0.39, 0.29) is 17.2 Å². The fourth-order valence-electron chi connectivity index (χ4n) is 2.98. The molecule has 2 N–H and O–H groups in total. The summed E-state index contributed by atoms with van der Waals surface area (Å²) in [5.74, 6) is 0.248. The van der Waals surface area contributed by atoms with E-state index < -0.39 is 9.84 Å². The van der Waals surface area contributed by atoms with Gasteiger partial charge < -0.3 is 5.73 Å². The molecule has 1 aromatic carbocycles. The summed E-state index contributed by atoms with van der Waals surface area (Å²) < 4.78 is 24.5. The predicted octanol–water partition coefficient (Wildman–Crippen LogP) is 3.36. The molecule has 3 nitrogen and oxygen atoms in total. The van der Waals surface area contributed by atoms with Gasteiger partial charge in [0, 0.05) is 16.8 Å². The summed E-state index contributed by atoms with van der Waals surface area (Å²) in [6.07, 6.45) is 4.76. The van der Waals surface area contributed by atoms with Crippen molar-refractivity contribution in [3.63, 3.8) is 0 Å². The minimum Gasteiger partial charge on any atom is -0.324 e. The average Bonchev–Trinajstić information content (AvgIpc) is 2.40. The van der Waals surface area contributed by atoms with Crippen LogP contribution in [0.2, 0.25) is 0 Å². The molecule has 0 bridgehead atoms. The van der Waals surface area contributed by atoms with Crippen LogP contribution < -0.4 is 5.73 Å². The number of nitrogens with two attached hydrogens (primary N) is 1. The Hall–Kier alpha value is -0.390. The van der Waals surface area contributed by atoms with Gasteiger partial charge in [0.25, 0.3) is 0 Å². The second kappa shape index (κ2) is 6.16. The smallest absolute Gasteiger partial charge is 0.150 e. The molecule has 0 radical (unpaired) electrons. The Morgan fingerprint density at radius 3 is 2.65 bits per heavy atom. The zero-order valence-electron chi connectivity index (χ0n) is 12.0. The Labute approximate surface area is 130 Å². The van der Waals surface area contributed by atoms with Crippen LogP contribution in [0.3, 0.4) is 0 Å². The standard InChI is InChI=1S/C15H22BrNO2S/c1-10-6-7-12(9-14(10)16)15(17)11-4-3-5-13(8-11)20(2,18)19/h6-7,9,11,13,15H,3-5,8,17H2,1-2H3. The number of hydrogen-bond acceptors (Lipinski definition) is 3. The Balaban J connectivity index is 2.16. The van der Waals surface area contributed by atoms with E-state index in [1.165, 1.54) is 11.8 Å². The van der Waals surface area contributed by atoms with Crippen LogP contribution in [0, 0.1) is 12.8 Å². The molecular weight excluding hydrogens is 338 g/mol. The Morgan fingerprint density at radius 1 is 1.35 bits per heavy atom. The number of aryl methyl sites for hydroxylation is 1. The largest absolute Gasteiger partial charge is 0.324 e. The van der Waals surface area contributed by atoms with Crippen molar-refractivity contribution in [1.82, 2.24) is 0 Å². The number of hydrogen-bond donors (Lipinski definition) is 1. The van der Waals surface area contributed by atoms with Crippen molar-refractivity contribution in [3.05, 3.63) is 33.8 Å². The van der Waals surface area contributed by atoms with E-state index in [1.807, 2.05) is 6.92 Å². The van der Waals surface area contributed by atoms with Crippen LogP contribution in [0.4, 0.5) is 0 Å². The normalized spacial score (nSPS) is 25.4. The zero-order chi connectivity index (χ0) is 14.9. The van der Waals surface area contributed by atoms with Gasteiger partial charge in [0.05, 0.1) is 5.25 Å². The fraction of sp³-hybridized carbons (Fsp3) is 0.600. The number of rotatable bonds is 3. The lowest BCUT2D eigenvalue weighted by Gasteiger charge is -2.32. The van der Waals surface area contributed by atoms with Crippen molar-refractivity contribution >= 4 is 25.8 Å². The van der Waals surface area contributed by atoms with E-state index in [2.05, 4.69) is 34.1 Å². The summed E-state index contributed by atoms with van der Waals surface area (Å²) in [5.41, 5.74) is 8.64. The maximum Gasteiger partial charge on any atom is 0.150 e. The van der Waals surface area contributed by atoms with Crippen LogP contribution >= 0.6 is 15.9 Å². The first-order valence-corrected chi connectivity index (χ1v) is 9.74. The van der Waals surface area contributed by atoms with Crippen molar-refractivity contribution < 1.29 is 8.42 Å². The van der Waals surface area contributed by atoms with Gasteiger partial charge >= 0.3 is 0 Å². The number of sulfone groups is 1. The third-order valence-electron chi connectivity index (χ3n) is 4.36. The molecule has 1 fully saturated rings. The minimum atomic E-state index is -2.95. The van der Waals surface area contributed by atoms with Crippen molar-refractivity contribution in [2.24, 2.45) is 11.7 Å². The van der Waals surface area contributed by atoms with Gasteiger partial charge in [-0.05, 0) is 49.3 Å². The third kappa shape index (κ3) is 3.62. The first kappa shape index (κ1) is 16.0. The highest BCUT2D eigenvalue weighted by Gasteiger charge is 2.32. The van der Waals surface area contributed by atoms with Crippen molar-refractivity contribution in [2.75, 3.05) is 6.26 Å². The molecule has 20 heavy (non-hydrogen) atoms. The van der Waals surface area contributed by atoms with Crippen LogP contribution in [-0.4, -0.2) is 19.9 Å². The molecule has 0 aliphatic heterocycles. The van der Waals surface area contributed by atoms with Crippen LogP contribution in [0.15, 0.2) is 22.7 Å². The molecule has 0 spiro atoms. The van der Waals surface area contributed by atoms with Gasteiger partial charge in [-0.2, -0.15) is 0 Å². The fourth-order valence-corrected chi connectivity index (χ4v) is 4.57. The van der Waals surface area contributed by atoms with Gasteiger partial charge in [-0.1, -0.05) is 34.5 Å². The monoisotopic (exact) mass is 359 g/mol. The lowest BCUT2D eigenvalue weighted by atomic mass is 9.81.